The Morgan fingerprint density at radius 1 is 1.50 bits per heavy atom. The molecule has 0 saturated carbocycles. The number of rotatable bonds is 6. The number of nitrogen functional groups attached to an aromatic ring is 1. The molecule has 0 radical (unpaired) electrons. The van der Waals surface area contributed by atoms with Gasteiger partial charge in [-0.3, -0.25) is 5.43 Å². The van der Waals surface area contributed by atoms with Crippen molar-refractivity contribution in [2.75, 3.05) is 17.8 Å². The number of thiazole rings is 1. The Morgan fingerprint density at radius 3 is 3.05 bits per heavy atom. The van der Waals surface area contributed by atoms with Crippen LogP contribution in [0.4, 0.5) is 10.9 Å². The Kier molecular flexibility index (Phi) is 4.95. The molecule has 0 fully saturated rings. The molecule has 2 rings (SSSR count). The summed E-state index contributed by atoms with van der Waals surface area (Å²) >= 11 is 1.41. The van der Waals surface area contributed by atoms with Gasteiger partial charge in [-0.25, -0.2) is 4.98 Å². The minimum atomic E-state index is 0.497. The first-order chi connectivity index (χ1) is 9.63. The van der Waals surface area contributed by atoms with Gasteiger partial charge in [0, 0.05) is 5.38 Å². The third-order valence-electron chi connectivity index (χ3n) is 2.34. The Labute approximate surface area is 122 Å². The van der Waals surface area contributed by atoms with Crippen molar-refractivity contribution in [3.05, 3.63) is 35.2 Å². The molecule has 2 aromatic rings. The molecule has 1 aromatic carbocycles. The van der Waals surface area contributed by atoms with Crippen LogP contribution in [0.1, 0.15) is 19.4 Å². The molecular formula is C14H18N4OS. The van der Waals surface area contributed by atoms with E-state index in [1.54, 1.807) is 11.6 Å². The molecule has 3 N–H and O–H groups in total. The van der Waals surface area contributed by atoms with Crippen LogP contribution in [0.2, 0.25) is 0 Å². The third-order valence-corrected chi connectivity index (χ3v) is 3.10. The van der Waals surface area contributed by atoms with Gasteiger partial charge in [0.25, 0.3) is 0 Å². The van der Waals surface area contributed by atoms with Crippen LogP contribution in [-0.4, -0.2) is 17.8 Å². The number of aromatic nitrogens is 1. The summed E-state index contributed by atoms with van der Waals surface area (Å²) in [4.78, 5) is 4.05. The highest BCUT2D eigenvalue weighted by atomic mass is 32.1. The van der Waals surface area contributed by atoms with Gasteiger partial charge in [0.05, 0.1) is 12.8 Å². The maximum atomic E-state index is 5.67. The van der Waals surface area contributed by atoms with Gasteiger partial charge >= 0.3 is 0 Å². The minimum absolute atomic E-state index is 0.497. The number of hydrogen-bond donors (Lipinski definition) is 2. The summed E-state index contributed by atoms with van der Waals surface area (Å²) in [6.45, 7) is 4.95. The first-order valence-corrected chi connectivity index (χ1v) is 7.24. The second-order valence-corrected chi connectivity index (χ2v) is 5.58. The van der Waals surface area contributed by atoms with E-state index in [0.717, 1.165) is 11.3 Å². The van der Waals surface area contributed by atoms with Crippen LogP contribution < -0.4 is 15.9 Å². The standard InChI is InChI=1S/C14H18N4OS/c1-10(2)8-19-12-5-3-4-11(6-12)7-16-18-14-17-13(15)9-20-14/h3-7,9-10H,8,15H2,1-2H3,(H,17,18). The minimum Gasteiger partial charge on any atom is -0.493 e. The van der Waals surface area contributed by atoms with Crippen molar-refractivity contribution < 1.29 is 4.74 Å². The summed E-state index contributed by atoms with van der Waals surface area (Å²) in [5.74, 6) is 1.85. The van der Waals surface area contributed by atoms with Crippen LogP contribution in [-0.2, 0) is 0 Å². The van der Waals surface area contributed by atoms with E-state index < -0.39 is 0 Å². The molecule has 0 saturated heterocycles. The number of benzene rings is 1. The number of anilines is 2. The third kappa shape index (κ3) is 4.55. The van der Waals surface area contributed by atoms with Gasteiger partial charge in [-0.15, -0.1) is 11.3 Å². The second-order valence-electron chi connectivity index (χ2n) is 4.72. The molecule has 0 unspecified atom stereocenters. The van der Waals surface area contributed by atoms with Crippen LogP contribution in [0.15, 0.2) is 34.7 Å². The van der Waals surface area contributed by atoms with Crippen molar-refractivity contribution in [1.29, 1.82) is 0 Å². The average molecular weight is 290 g/mol. The van der Waals surface area contributed by atoms with Gasteiger partial charge in [0.15, 0.2) is 0 Å². The average Bonchev–Trinajstić information content (AvgIpc) is 2.83. The monoisotopic (exact) mass is 290 g/mol. The SMILES string of the molecule is CC(C)COc1cccc(C=NNc2nc(N)cs2)c1. The highest BCUT2D eigenvalue weighted by Crippen LogP contribution is 2.16. The van der Waals surface area contributed by atoms with E-state index in [9.17, 15) is 0 Å². The maximum Gasteiger partial charge on any atom is 0.205 e. The largest absolute Gasteiger partial charge is 0.493 e. The lowest BCUT2D eigenvalue weighted by Gasteiger charge is -2.08. The van der Waals surface area contributed by atoms with E-state index in [2.05, 4.69) is 29.4 Å². The number of ether oxygens (including phenoxy) is 1. The number of hydrogen-bond acceptors (Lipinski definition) is 6. The highest BCUT2D eigenvalue weighted by Gasteiger charge is 1.98. The smallest absolute Gasteiger partial charge is 0.205 e. The fourth-order valence-corrected chi connectivity index (χ4v) is 2.00. The molecule has 0 spiro atoms. The van der Waals surface area contributed by atoms with Crippen LogP contribution in [0.5, 0.6) is 5.75 Å². The summed E-state index contributed by atoms with van der Waals surface area (Å²) in [5, 5.41) is 6.56. The zero-order chi connectivity index (χ0) is 14.4. The molecule has 0 amide bonds. The Bertz CT molecular complexity index is 580. The molecule has 1 aromatic heterocycles. The molecule has 20 heavy (non-hydrogen) atoms. The quantitative estimate of drug-likeness (QED) is 0.633. The summed E-state index contributed by atoms with van der Waals surface area (Å²) < 4.78 is 5.67. The Hall–Kier alpha value is -2.08. The van der Waals surface area contributed by atoms with Gasteiger partial charge in [0.2, 0.25) is 5.13 Å². The normalized spacial score (nSPS) is 11.2. The number of nitrogens with one attached hydrogen (secondary N) is 1. The van der Waals surface area contributed by atoms with E-state index in [-0.39, 0.29) is 0 Å². The fourth-order valence-electron chi connectivity index (χ4n) is 1.45. The van der Waals surface area contributed by atoms with Crippen molar-refractivity contribution in [1.82, 2.24) is 4.98 Å². The van der Waals surface area contributed by atoms with E-state index >= 15 is 0 Å². The second kappa shape index (κ2) is 6.91. The first-order valence-electron chi connectivity index (χ1n) is 6.36. The van der Waals surface area contributed by atoms with E-state index in [1.807, 2.05) is 24.3 Å². The van der Waals surface area contributed by atoms with Crippen molar-refractivity contribution in [3.63, 3.8) is 0 Å². The van der Waals surface area contributed by atoms with Crippen molar-refractivity contribution >= 4 is 28.5 Å². The molecule has 5 nitrogen and oxygen atoms in total. The summed E-state index contributed by atoms with van der Waals surface area (Å²) in [5.41, 5.74) is 9.33. The number of hydrazone groups is 1. The van der Waals surface area contributed by atoms with Gasteiger partial charge in [-0.05, 0) is 23.6 Å². The lowest BCUT2D eigenvalue weighted by atomic mass is 10.2. The molecule has 0 aliphatic rings. The van der Waals surface area contributed by atoms with E-state index in [4.69, 9.17) is 10.5 Å². The fraction of sp³-hybridized carbons (Fsp3) is 0.286. The predicted molar refractivity (Wildman–Crippen MR) is 84.5 cm³/mol. The highest BCUT2D eigenvalue weighted by molar-refractivity contribution is 7.14. The van der Waals surface area contributed by atoms with Gasteiger partial charge in [0.1, 0.15) is 11.6 Å². The van der Waals surface area contributed by atoms with Gasteiger partial charge in [-0.2, -0.15) is 5.10 Å². The lowest BCUT2D eigenvalue weighted by Crippen LogP contribution is -2.04. The van der Waals surface area contributed by atoms with Crippen molar-refractivity contribution in [2.45, 2.75) is 13.8 Å². The molecule has 0 aliphatic carbocycles. The summed E-state index contributed by atoms with van der Waals surface area (Å²) in [7, 11) is 0. The molecule has 0 bridgehead atoms. The van der Waals surface area contributed by atoms with E-state index in [0.29, 0.717) is 23.5 Å². The van der Waals surface area contributed by atoms with Crippen molar-refractivity contribution in [3.8, 4) is 5.75 Å². The molecule has 0 atom stereocenters. The number of nitrogens with zero attached hydrogens (tertiary/aromatic N) is 2. The zero-order valence-electron chi connectivity index (χ0n) is 11.5. The van der Waals surface area contributed by atoms with Crippen LogP contribution in [0, 0.1) is 5.92 Å². The van der Waals surface area contributed by atoms with Crippen LogP contribution >= 0.6 is 11.3 Å². The summed E-state index contributed by atoms with van der Waals surface area (Å²) in [6.07, 6.45) is 1.72. The molecule has 1 heterocycles. The molecule has 106 valence electrons. The molecular weight excluding hydrogens is 272 g/mol. The van der Waals surface area contributed by atoms with Crippen LogP contribution in [0.25, 0.3) is 0 Å². The van der Waals surface area contributed by atoms with Gasteiger partial charge in [-0.1, -0.05) is 26.0 Å². The predicted octanol–water partition coefficient (Wildman–Crippen LogP) is 3.21. The maximum absolute atomic E-state index is 5.67. The topological polar surface area (TPSA) is 72.5 Å². The molecule has 0 aliphatic heterocycles. The zero-order valence-corrected chi connectivity index (χ0v) is 12.4. The Morgan fingerprint density at radius 2 is 2.35 bits per heavy atom. The number of nitrogens with two attached hydrogens (primary N) is 1. The van der Waals surface area contributed by atoms with Crippen LogP contribution in [0.3, 0.4) is 0 Å². The molecule has 6 heteroatoms. The summed E-state index contributed by atoms with van der Waals surface area (Å²) in [6, 6.07) is 7.79. The lowest BCUT2D eigenvalue weighted by molar-refractivity contribution is 0.271. The van der Waals surface area contributed by atoms with E-state index in [1.165, 1.54) is 11.3 Å². The van der Waals surface area contributed by atoms with Crippen molar-refractivity contribution in [2.24, 2.45) is 11.0 Å². The Balaban J connectivity index is 1.93. The van der Waals surface area contributed by atoms with Gasteiger partial charge < -0.3 is 10.5 Å². The first kappa shape index (κ1) is 14.3.